The number of anilines is 2. The van der Waals surface area contributed by atoms with E-state index in [1.165, 1.54) is 12.1 Å². The predicted molar refractivity (Wildman–Crippen MR) is 65.6 cm³/mol. The van der Waals surface area contributed by atoms with E-state index < -0.39 is 6.61 Å². The molecule has 0 aliphatic rings. The topological polar surface area (TPSA) is 34.1 Å². The lowest BCUT2D eigenvalue weighted by molar-refractivity contribution is -0.0498. The molecule has 0 bridgehead atoms. The Balaban J connectivity index is 2.06. The van der Waals surface area contributed by atoms with E-state index in [2.05, 4.69) is 15.0 Å². The largest absolute Gasteiger partial charge is 0.435 e. The molecule has 18 heavy (non-hydrogen) atoms. The highest BCUT2D eigenvalue weighted by Crippen LogP contribution is 2.20. The fourth-order valence-corrected chi connectivity index (χ4v) is 1.51. The summed E-state index contributed by atoms with van der Waals surface area (Å²) >= 11 is 5.74. The molecule has 3 nitrogen and oxygen atoms in total. The Morgan fingerprint density at radius 2 is 1.83 bits per heavy atom. The molecule has 0 amide bonds. The average molecular weight is 271 g/mol. The van der Waals surface area contributed by atoms with Gasteiger partial charge in [0.1, 0.15) is 16.7 Å². The van der Waals surface area contributed by atoms with Crippen LogP contribution in [0.2, 0.25) is 5.15 Å². The van der Waals surface area contributed by atoms with E-state index in [1.54, 1.807) is 30.3 Å². The number of ether oxygens (including phenoxy) is 1. The normalized spacial score (nSPS) is 10.4. The van der Waals surface area contributed by atoms with Gasteiger partial charge in [-0.3, -0.25) is 0 Å². The van der Waals surface area contributed by atoms with Gasteiger partial charge in [0.25, 0.3) is 0 Å². The van der Waals surface area contributed by atoms with Crippen molar-refractivity contribution in [2.45, 2.75) is 6.61 Å². The zero-order valence-electron chi connectivity index (χ0n) is 9.11. The van der Waals surface area contributed by atoms with Gasteiger partial charge in [-0.2, -0.15) is 8.78 Å². The summed E-state index contributed by atoms with van der Waals surface area (Å²) in [4.78, 5) is 4.04. The number of rotatable bonds is 4. The van der Waals surface area contributed by atoms with Gasteiger partial charge in [0.05, 0.1) is 0 Å². The van der Waals surface area contributed by atoms with Crippen molar-refractivity contribution in [3.8, 4) is 5.75 Å². The fourth-order valence-electron chi connectivity index (χ4n) is 1.35. The van der Waals surface area contributed by atoms with Crippen LogP contribution in [0.25, 0.3) is 0 Å². The first kappa shape index (κ1) is 12.6. The zero-order chi connectivity index (χ0) is 13.0. The van der Waals surface area contributed by atoms with Gasteiger partial charge in [-0.05, 0) is 36.4 Å². The Labute approximate surface area is 107 Å². The first-order valence-electron chi connectivity index (χ1n) is 5.08. The molecule has 1 aromatic heterocycles. The highest BCUT2D eigenvalue weighted by molar-refractivity contribution is 6.29. The van der Waals surface area contributed by atoms with Crippen LogP contribution in [-0.4, -0.2) is 11.6 Å². The maximum absolute atomic E-state index is 11.9. The first-order valence-corrected chi connectivity index (χ1v) is 5.46. The summed E-state index contributed by atoms with van der Waals surface area (Å²) in [6, 6.07) is 11.3. The molecule has 0 atom stereocenters. The molecule has 1 N–H and O–H groups in total. The molecule has 2 aromatic rings. The van der Waals surface area contributed by atoms with Gasteiger partial charge in [0, 0.05) is 5.69 Å². The molecule has 0 aliphatic heterocycles. The summed E-state index contributed by atoms with van der Waals surface area (Å²) in [6.45, 7) is -2.82. The summed E-state index contributed by atoms with van der Waals surface area (Å²) < 4.78 is 28.1. The second-order valence-electron chi connectivity index (χ2n) is 3.37. The van der Waals surface area contributed by atoms with Crippen LogP contribution < -0.4 is 10.1 Å². The van der Waals surface area contributed by atoms with E-state index in [4.69, 9.17) is 11.6 Å². The van der Waals surface area contributed by atoms with Crippen molar-refractivity contribution >= 4 is 23.1 Å². The summed E-state index contributed by atoms with van der Waals surface area (Å²) in [6.07, 6.45) is 0. The van der Waals surface area contributed by atoms with Gasteiger partial charge in [0.15, 0.2) is 0 Å². The van der Waals surface area contributed by atoms with Gasteiger partial charge in [-0.25, -0.2) is 4.98 Å². The Morgan fingerprint density at radius 3 is 2.44 bits per heavy atom. The average Bonchev–Trinajstić information content (AvgIpc) is 2.31. The van der Waals surface area contributed by atoms with Crippen molar-refractivity contribution in [2.75, 3.05) is 5.32 Å². The molecule has 0 saturated heterocycles. The van der Waals surface area contributed by atoms with Crippen LogP contribution in [-0.2, 0) is 0 Å². The summed E-state index contributed by atoms with van der Waals surface area (Å²) in [5.41, 5.74) is 0.700. The Morgan fingerprint density at radius 1 is 1.11 bits per heavy atom. The predicted octanol–water partition coefficient (Wildman–Crippen LogP) is 4.08. The third kappa shape index (κ3) is 3.56. The van der Waals surface area contributed by atoms with Crippen molar-refractivity contribution in [3.63, 3.8) is 0 Å². The molecule has 1 heterocycles. The number of nitrogens with zero attached hydrogens (tertiary/aromatic N) is 1. The van der Waals surface area contributed by atoms with Gasteiger partial charge in [-0.1, -0.05) is 17.7 Å². The number of hydrogen-bond acceptors (Lipinski definition) is 3. The summed E-state index contributed by atoms with van der Waals surface area (Å²) in [7, 11) is 0. The lowest BCUT2D eigenvalue weighted by Crippen LogP contribution is -2.01. The monoisotopic (exact) mass is 270 g/mol. The van der Waals surface area contributed by atoms with Crippen LogP contribution >= 0.6 is 11.6 Å². The Kier molecular flexibility index (Phi) is 3.94. The minimum absolute atomic E-state index is 0.106. The second-order valence-corrected chi connectivity index (χ2v) is 3.76. The fraction of sp³-hybridized carbons (Fsp3) is 0.0833. The number of pyridine rings is 1. The molecule has 94 valence electrons. The van der Waals surface area contributed by atoms with Gasteiger partial charge in [-0.15, -0.1) is 0 Å². The van der Waals surface area contributed by atoms with Crippen LogP contribution in [0.5, 0.6) is 5.75 Å². The molecule has 0 aliphatic carbocycles. The first-order chi connectivity index (χ1) is 8.63. The van der Waals surface area contributed by atoms with E-state index in [0.717, 1.165) is 0 Å². The molecular weight excluding hydrogens is 262 g/mol. The number of alkyl halides is 2. The number of aromatic nitrogens is 1. The van der Waals surface area contributed by atoms with Crippen LogP contribution in [0.4, 0.5) is 20.3 Å². The highest BCUT2D eigenvalue weighted by atomic mass is 35.5. The van der Waals surface area contributed by atoms with Crippen LogP contribution in [0.15, 0.2) is 42.5 Å². The third-order valence-corrected chi connectivity index (χ3v) is 2.28. The minimum atomic E-state index is -2.82. The lowest BCUT2D eigenvalue weighted by Gasteiger charge is -2.07. The Bertz CT molecular complexity index is 520. The molecule has 0 saturated carbocycles. The van der Waals surface area contributed by atoms with E-state index in [9.17, 15) is 8.78 Å². The summed E-state index contributed by atoms with van der Waals surface area (Å²) in [5.74, 6) is 0.680. The van der Waals surface area contributed by atoms with Crippen molar-refractivity contribution in [1.82, 2.24) is 4.98 Å². The lowest BCUT2D eigenvalue weighted by atomic mass is 10.3. The number of benzene rings is 1. The van der Waals surface area contributed by atoms with Crippen LogP contribution in [0, 0.1) is 0 Å². The second kappa shape index (κ2) is 5.64. The standard InChI is InChI=1S/C12H9ClF2N2O/c13-10-2-1-3-11(17-10)16-8-4-6-9(7-5-8)18-12(14)15/h1-7,12H,(H,16,17). The van der Waals surface area contributed by atoms with E-state index in [-0.39, 0.29) is 5.75 Å². The van der Waals surface area contributed by atoms with Gasteiger partial charge < -0.3 is 10.1 Å². The van der Waals surface area contributed by atoms with E-state index >= 15 is 0 Å². The molecule has 0 unspecified atom stereocenters. The number of nitrogens with one attached hydrogen (secondary N) is 1. The maximum Gasteiger partial charge on any atom is 0.387 e. The zero-order valence-corrected chi connectivity index (χ0v) is 9.86. The third-order valence-electron chi connectivity index (χ3n) is 2.07. The summed E-state index contributed by atoms with van der Waals surface area (Å²) in [5, 5.41) is 3.36. The van der Waals surface area contributed by atoms with Crippen molar-refractivity contribution in [3.05, 3.63) is 47.6 Å². The molecule has 0 radical (unpaired) electrons. The van der Waals surface area contributed by atoms with Gasteiger partial charge >= 0.3 is 6.61 Å². The Hall–Kier alpha value is -1.88. The van der Waals surface area contributed by atoms with Crippen LogP contribution in [0.3, 0.4) is 0 Å². The minimum Gasteiger partial charge on any atom is -0.435 e. The van der Waals surface area contributed by atoms with Crippen molar-refractivity contribution in [1.29, 1.82) is 0 Å². The quantitative estimate of drug-likeness (QED) is 0.850. The van der Waals surface area contributed by atoms with Crippen molar-refractivity contribution in [2.24, 2.45) is 0 Å². The van der Waals surface area contributed by atoms with E-state index in [1.807, 2.05) is 0 Å². The van der Waals surface area contributed by atoms with Gasteiger partial charge in [0.2, 0.25) is 0 Å². The van der Waals surface area contributed by atoms with Crippen molar-refractivity contribution < 1.29 is 13.5 Å². The highest BCUT2D eigenvalue weighted by Gasteiger charge is 2.03. The maximum atomic E-state index is 11.9. The smallest absolute Gasteiger partial charge is 0.387 e. The molecule has 6 heteroatoms. The van der Waals surface area contributed by atoms with E-state index in [0.29, 0.717) is 16.7 Å². The molecule has 0 spiro atoms. The molecule has 2 rings (SSSR count). The molecule has 0 fully saturated rings. The number of halogens is 3. The SMILES string of the molecule is FC(F)Oc1ccc(Nc2cccc(Cl)n2)cc1. The molecular formula is C12H9ClF2N2O. The molecule has 1 aromatic carbocycles. The van der Waals surface area contributed by atoms with Crippen LogP contribution in [0.1, 0.15) is 0 Å². The number of hydrogen-bond donors (Lipinski definition) is 1.